The zero-order valence-electron chi connectivity index (χ0n) is 14.2. The van der Waals surface area contributed by atoms with Crippen molar-refractivity contribution in [2.45, 2.75) is 26.3 Å². The van der Waals surface area contributed by atoms with Gasteiger partial charge >= 0.3 is 0 Å². The number of rotatable bonds is 5. The van der Waals surface area contributed by atoms with E-state index < -0.39 is 0 Å². The molecule has 0 saturated carbocycles. The summed E-state index contributed by atoms with van der Waals surface area (Å²) in [6.45, 7) is 4.62. The Hall–Kier alpha value is -2.97. The summed E-state index contributed by atoms with van der Waals surface area (Å²) >= 11 is 0. The fourth-order valence-electron chi connectivity index (χ4n) is 2.23. The predicted octanol–water partition coefficient (Wildman–Crippen LogP) is 1.30. The minimum absolute atomic E-state index is 0.201. The summed E-state index contributed by atoms with van der Waals surface area (Å²) in [5.41, 5.74) is 7.55. The molecule has 0 aromatic carbocycles. The third-order valence-electron chi connectivity index (χ3n) is 3.49. The first-order valence-corrected chi connectivity index (χ1v) is 7.70. The van der Waals surface area contributed by atoms with Crippen LogP contribution in [0.1, 0.15) is 31.3 Å². The van der Waals surface area contributed by atoms with Gasteiger partial charge in [-0.25, -0.2) is 4.98 Å². The van der Waals surface area contributed by atoms with Crippen molar-refractivity contribution in [2.75, 3.05) is 30.0 Å². The van der Waals surface area contributed by atoms with Crippen molar-refractivity contribution in [3.63, 3.8) is 0 Å². The van der Waals surface area contributed by atoms with Gasteiger partial charge in [-0.15, -0.1) is 0 Å². The van der Waals surface area contributed by atoms with Gasteiger partial charge in [0.05, 0.1) is 12.7 Å². The molecule has 0 radical (unpaired) electrons. The summed E-state index contributed by atoms with van der Waals surface area (Å²) in [4.78, 5) is 19.0. The maximum absolute atomic E-state index is 5.76. The van der Waals surface area contributed by atoms with Gasteiger partial charge in [-0.2, -0.15) is 24.6 Å². The van der Waals surface area contributed by atoms with Crippen LogP contribution in [0.25, 0.3) is 5.65 Å². The lowest BCUT2D eigenvalue weighted by Crippen LogP contribution is -2.17. The van der Waals surface area contributed by atoms with Crippen molar-refractivity contribution >= 4 is 23.4 Å². The maximum atomic E-state index is 5.76. The van der Waals surface area contributed by atoms with Gasteiger partial charge in [0, 0.05) is 31.9 Å². The second kappa shape index (κ2) is 6.26. The number of aromatic nitrogens is 6. The topological polar surface area (TPSA) is 110 Å². The van der Waals surface area contributed by atoms with Crippen LogP contribution in [-0.2, 0) is 6.54 Å². The van der Waals surface area contributed by atoms with Crippen LogP contribution >= 0.6 is 0 Å². The Kier molecular flexibility index (Phi) is 4.15. The summed E-state index contributed by atoms with van der Waals surface area (Å²) in [5, 5.41) is 7.61. The minimum Gasteiger partial charge on any atom is -0.368 e. The van der Waals surface area contributed by atoms with Gasteiger partial charge in [0.2, 0.25) is 11.9 Å². The van der Waals surface area contributed by atoms with Gasteiger partial charge in [-0.3, -0.25) is 0 Å². The molecule has 0 aliphatic heterocycles. The van der Waals surface area contributed by atoms with E-state index in [1.807, 2.05) is 26.2 Å². The zero-order chi connectivity index (χ0) is 17.3. The van der Waals surface area contributed by atoms with E-state index in [4.69, 9.17) is 5.73 Å². The van der Waals surface area contributed by atoms with Crippen molar-refractivity contribution in [1.29, 1.82) is 0 Å². The SMILES string of the molecule is CC(C)c1cc(NCc2nc(N)nc(N(C)C)n2)n2nccc2n1. The highest BCUT2D eigenvalue weighted by atomic mass is 15.3. The van der Waals surface area contributed by atoms with Crippen molar-refractivity contribution in [3.8, 4) is 0 Å². The Balaban J connectivity index is 1.89. The molecule has 9 nitrogen and oxygen atoms in total. The first kappa shape index (κ1) is 15.9. The second-order valence-corrected chi connectivity index (χ2v) is 5.98. The summed E-state index contributed by atoms with van der Waals surface area (Å²) in [5.74, 6) is 2.44. The molecule has 3 aromatic rings. The van der Waals surface area contributed by atoms with Crippen molar-refractivity contribution in [3.05, 3.63) is 29.8 Å². The molecule has 0 bridgehead atoms. The van der Waals surface area contributed by atoms with Gasteiger partial charge in [0.1, 0.15) is 5.82 Å². The molecule has 0 spiro atoms. The summed E-state index contributed by atoms with van der Waals surface area (Å²) in [6, 6.07) is 3.87. The Morgan fingerprint density at radius 2 is 2.00 bits per heavy atom. The molecule has 9 heteroatoms. The monoisotopic (exact) mass is 327 g/mol. The summed E-state index contributed by atoms with van der Waals surface area (Å²) < 4.78 is 1.75. The smallest absolute Gasteiger partial charge is 0.229 e. The van der Waals surface area contributed by atoms with Gasteiger partial charge in [-0.05, 0) is 5.92 Å². The molecule has 0 atom stereocenters. The van der Waals surface area contributed by atoms with E-state index >= 15 is 0 Å². The Morgan fingerprint density at radius 1 is 1.21 bits per heavy atom. The molecule has 0 aliphatic rings. The van der Waals surface area contributed by atoms with Crippen molar-refractivity contribution in [1.82, 2.24) is 29.5 Å². The highest BCUT2D eigenvalue weighted by Crippen LogP contribution is 2.19. The number of hydrogen-bond donors (Lipinski definition) is 2. The van der Waals surface area contributed by atoms with Gasteiger partial charge in [-0.1, -0.05) is 13.8 Å². The molecule has 3 rings (SSSR count). The number of nitrogens with one attached hydrogen (secondary N) is 1. The first-order valence-electron chi connectivity index (χ1n) is 7.70. The third kappa shape index (κ3) is 3.19. The van der Waals surface area contributed by atoms with Crippen LogP contribution in [0, 0.1) is 0 Å². The van der Waals surface area contributed by atoms with Crippen LogP contribution in [0.3, 0.4) is 0 Å². The molecular weight excluding hydrogens is 306 g/mol. The fraction of sp³-hybridized carbons (Fsp3) is 0.400. The van der Waals surface area contributed by atoms with Crippen LogP contribution in [-0.4, -0.2) is 43.6 Å². The molecule has 3 aromatic heterocycles. The molecule has 24 heavy (non-hydrogen) atoms. The fourth-order valence-corrected chi connectivity index (χ4v) is 2.23. The molecule has 3 heterocycles. The Labute approximate surface area is 140 Å². The average Bonchev–Trinajstić information content (AvgIpc) is 3.00. The zero-order valence-corrected chi connectivity index (χ0v) is 14.2. The van der Waals surface area contributed by atoms with E-state index in [0.29, 0.717) is 24.2 Å². The van der Waals surface area contributed by atoms with E-state index in [2.05, 4.69) is 44.2 Å². The van der Waals surface area contributed by atoms with Crippen molar-refractivity contribution in [2.24, 2.45) is 0 Å². The lowest BCUT2D eigenvalue weighted by atomic mass is 10.1. The summed E-state index contributed by atoms with van der Waals surface area (Å²) in [6.07, 6.45) is 1.72. The number of fused-ring (bicyclic) bond motifs is 1. The predicted molar refractivity (Wildman–Crippen MR) is 93.0 cm³/mol. The molecule has 0 aliphatic carbocycles. The highest BCUT2D eigenvalue weighted by Gasteiger charge is 2.11. The Bertz CT molecular complexity index is 853. The highest BCUT2D eigenvalue weighted by molar-refractivity contribution is 5.49. The van der Waals surface area contributed by atoms with E-state index in [0.717, 1.165) is 17.2 Å². The quantitative estimate of drug-likeness (QED) is 0.721. The molecule has 126 valence electrons. The minimum atomic E-state index is 0.201. The third-order valence-corrected chi connectivity index (χ3v) is 3.49. The van der Waals surface area contributed by atoms with Crippen LogP contribution < -0.4 is 16.0 Å². The standard InChI is InChI=1S/C15H21N9/c1-9(2)10-7-13(24-12(19-10)5-6-18-24)17-8-11-20-14(16)22-15(21-11)23(3)4/h5-7,9,17H,8H2,1-4H3,(H2,16,20,21,22). The lowest BCUT2D eigenvalue weighted by Gasteiger charge is -2.13. The normalized spacial score (nSPS) is 11.2. The largest absolute Gasteiger partial charge is 0.368 e. The molecule has 0 amide bonds. The van der Waals surface area contributed by atoms with Gasteiger partial charge in [0.15, 0.2) is 11.5 Å². The van der Waals surface area contributed by atoms with Crippen LogP contribution in [0.4, 0.5) is 17.7 Å². The van der Waals surface area contributed by atoms with E-state index in [-0.39, 0.29) is 5.95 Å². The number of anilines is 3. The maximum Gasteiger partial charge on any atom is 0.229 e. The number of hydrogen-bond acceptors (Lipinski definition) is 8. The molecule has 0 saturated heterocycles. The van der Waals surface area contributed by atoms with E-state index in [9.17, 15) is 0 Å². The van der Waals surface area contributed by atoms with Crippen LogP contribution in [0.15, 0.2) is 18.3 Å². The van der Waals surface area contributed by atoms with E-state index in [1.54, 1.807) is 15.6 Å². The molecule has 3 N–H and O–H groups in total. The van der Waals surface area contributed by atoms with E-state index in [1.165, 1.54) is 0 Å². The van der Waals surface area contributed by atoms with Gasteiger partial charge < -0.3 is 16.0 Å². The lowest BCUT2D eigenvalue weighted by molar-refractivity contribution is 0.804. The molecule has 0 fully saturated rings. The Morgan fingerprint density at radius 3 is 2.71 bits per heavy atom. The summed E-state index contributed by atoms with van der Waals surface area (Å²) in [7, 11) is 3.72. The van der Waals surface area contributed by atoms with Crippen LogP contribution in [0.2, 0.25) is 0 Å². The first-order chi connectivity index (χ1) is 11.4. The van der Waals surface area contributed by atoms with Gasteiger partial charge in [0.25, 0.3) is 0 Å². The number of nitrogen functional groups attached to an aromatic ring is 1. The van der Waals surface area contributed by atoms with Crippen LogP contribution in [0.5, 0.6) is 0 Å². The second-order valence-electron chi connectivity index (χ2n) is 5.98. The number of nitrogens with two attached hydrogens (primary N) is 1. The number of nitrogens with zero attached hydrogens (tertiary/aromatic N) is 7. The van der Waals surface area contributed by atoms with Crippen molar-refractivity contribution < 1.29 is 0 Å². The average molecular weight is 327 g/mol. The molecule has 0 unspecified atom stereocenters. The molecular formula is C15H21N9.